The first-order chi connectivity index (χ1) is 17.4. The zero-order chi connectivity index (χ0) is 25.7. The maximum atomic E-state index is 13.5. The van der Waals surface area contributed by atoms with Crippen LogP contribution in [0, 0.1) is 29.5 Å². The molecule has 2 aromatic carbocycles. The minimum atomic E-state index is -1.04. The van der Waals surface area contributed by atoms with E-state index in [1.165, 1.54) is 12.3 Å². The number of halogens is 2. The van der Waals surface area contributed by atoms with Crippen molar-refractivity contribution >= 4 is 11.5 Å². The number of hydrogen-bond acceptors (Lipinski definition) is 8. The highest BCUT2D eigenvalue weighted by Crippen LogP contribution is 2.41. The minimum Gasteiger partial charge on any atom is -0.491 e. The van der Waals surface area contributed by atoms with Crippen molar-refractivity contribution in [1.82, 2.24) is 9.97 Å². The van der Waals surface area contributed by atoms with E-state index in [1.54, 1.807) is 24.3 Å². The molecule has 0 bridgehead atoms. The largest absolute Gasteiger partial charge is 0.491 e. The zero-order valence-corrected chi connectivity index (χ0v) is 18.5. The van der Waals surface area contributed by atoms with Crippen molar-refractivity contribution in [2.45, 2.75) is 6.61 Å². The third kappa shape index (κ3) is 4.92. The van der Waals surface area contributed by atoms with Crippen LogP contribution in [-0.2, 0) is 6.61 Å². The molecule has 0 saturated carbocycles. The molecule has 0 fully saturated rings. The molecule has 3 N–H and O–H groups in total. The summed E-state index contributed by atoms with van der Waals surface area (Å²) < 4.78 is 43.1. The lowest BCUT2D eigenvalue weighted by atomic mass is 9.99. The normalized spacial score (nSPS) is 10.5. The van der Waals surface area contributed by atoms with Gasteiger partial charge in [-0.15, -0.1) is 0 Å². The fourth-order valence-corrected chi connectivity index (χ4v) is 3.33. The van der Waals surface area contributed by atoms with Gasteiger partial charge in [-0.2, -0.15) is 5.26 Å². The van der Waals surface area contributed by atoms with Crippen LogP contribution < -0.4 is 15.2 Å². The van der Waals surface area contributed by atoms with Crippen molar-refractivity contribution in [3.05, 3.63) is 83.0 Å². The number of aliphatic hydroxyl groups excluding tert-OH is 1. The van der Waals surface area contributed by atoms with Gasteiger partial charge in [-0.1, -0.05) is 12.1 Å². The average molecular weight is 489 g/mol. The molecule has 0 saturated heterocycles. The number of nitrogens with zero attached hydrogens (tertiary/aromatic N) is 4. The minimum absolute atomic E-state index is 0.00927. The van der Waals surface area contributed by atoms with Gasteiger partial charge in [-0.05, 0) is 35.9 Å². The van der Waals surface area contributed by atoms with Crippen molar-refractivity contribution < 1.29 is 27.8 Å². The number of nitriles is 1. The molecule has 36 heavy (non-hydrogen) atoms. The molecule has 11 heteroatoms. The van der Waals surface area contributed by atoms with Crippen LogP contribution in [0.2, 0.25) is 0 Å². The molecule has 0 aliphatic heterocycles. The quantitative estimate of drug-likeness (QED) is 0.342. The van der Waals surface area contributed by atoms with Gasteiger partial charge in [0.15, 0.2) is 11.6 Å². The Hall–Kier alpha value is -5.00. The smallest absolute Gasteiger partial charge is 0.237 e. The summed E-state index contributed by atoms with van der Waals surface area (Å²) in [6.07, 6.45) is 1.27. The highest BCUT2D eigenvalue weighted by molar-refractivity contribution is 5.90. The fraction of sp³-hybridized carbons (Fsp3) is 0.120. The summed E-state index contributed by atoms with van der Waals surface area (Å²) in [5.74, 6) is -1.73. The number of aromatic nitrogens is 2. The van der Waals surface area contributed by atoms with E-state index < -0.39 is 11.6 Å². The number of hydrogen-bond donors (Lipinski definition) is 2. The van der Waals surface area contributed by atoms with Crippen molar-refractivity contribution in [1.29, 1.82) is 5.26 Å². The molecule has 4 rings (SSSR count). The molecule has 2 heterocycles. The molecule has 0 spiro atoms. The molecule has 0 atom stereocenters. The maximum Gasteiger partial charge on any atom is 0.237 e. The monoisotopic (exact) mass is 489 g/mol. The lowest BCUT2D eigenvalue weighted by Crippen LogP contribution is -2.04. The first-order valence-corrected chi connectivity index (χ1v) is 10.4. The standard InChI is InChI=1S/C25H17F2N5O4/c1-30-22-21(14-2-5-17(6-3-14)34-9-8-33)18(11-28)25(32-23(22)29)36-13-16-12-35-24(31-16)15-4-7-19(26)20(27)10-15/h2-7,10,12,33H,8-9,13H2,(H2,29,32). The van der Waals surface area contributed by atoms with Crippen LogP contribution in [0.25, 0.3) is 27.4 Å². The number of rotatable bonds is 8. The molecule has 9 nitrogen and oxygen atoms in total. The summed E-state index contributed by atoms with van der Waals surface area (Å²) >= 11 is 0. The van der Waals surface area contributed by atoms with Crippen molar-refractivity contribution in [3.63, 3.8) is 0 Å². The van der Waals surface area contributed by atoms with Crippen molar-refractivity contribution in [2.24, 2.45) is 0 Å². The number of pyridine rings is 1. The third-order valence-corrected chi connectivity index (χ3v) is 4.97. The predicted octanol–water partition coefficient (Wildman–Crippen LogP) is 4.64. The summed E-state index contributed by atoms with van der Waals surface area (Å²) in [5, 5.41) is 18.8. The first-order valence-electron chi connectivity index (χ1n) is 10.4. The van der Waals surface area contributed by atoms with Gasteiger partial charge in [-0.3, -0.25) is 0 Å². The fourth-order valence-electron chi connectivity index (χ4n) is 3.33. The van der Waals surface area contributed by atoms with Gasteiger partial charge < -0.3 is 24.7 Å². The number of nitrogen functional groups attached to an aromatic ring is 1. The van der Waals surface area contributed by atoms with E-state index in [-0.39, 0.29) is 59.8 Å². The summed E-state index contributed by atoms with van der Waals surface area (Å²) in [6, 6.07) is 11.8. The summed E-state index contributed by atoms with van der Waals surface area (Å²) in [7, 11) is 0. The van der Waals surface area contributed by atoms with Gasteiger partial charge in [0.05, 0.1) is 13.2 Å². The number of aliphatic hydroxyl groups is 1. The number of benzene rings is 2. The maximum absolute atomic E-state index is 13.5. The van der Waals surface area contributed by atoms with Gasteiger partial charge in [0.2, 0.25) is 17.5 Å². The Bertz CT molecular complexity index is 1490. The highest BCUT2D eigenvalue weighted by Gasteiger charge is 2.22. The SMILES string of the molecule is [C-]#[N+]c1c(N)nc(OCc2coc(-c3ccc(F)c(F)c3)n2)c(C#N)c1-c1ccc(OCCO)cc1. The molecule has 180 valence electrons. The van der Waals surface area contributed by atoms with E-state index in [0.717, 1.165) is 12.1 Å². The Labute approximate surface area is 203 Å². The van der Waals surface area contributed by atoms with Crippen LogP contribution in [0.5, 0.6) is 11.6 Å². The van der Waals surface area contributed by atoms with Gasteiger partial charge in [0.25, 0.3) is 0 Å². The van der Waals surface area contributed by atoms with Crippen LogP contribution >= 0.6 is 0 Å². The highest BCUT2D eigenvalue weighted by atomic mass is 19.2. The second-order valence-corrected chi connectivity index (χ2v) is 7.28. The van der Waals surface area contributed by atoms with E-state index in [4.69, 9.17) is 31.3 Å². The van der Waals surface area contributed by atoms with E-state index in [0.29, 0.717) is 17.0 Å². The van der Waals surface area contributed by atoms with Crippen molar-refractivity contribution in [3.8, 4) is 40.3 Å². The molecule has 0 amide bonds. The number of ether oxygens (including phenoxy) is 2. The second-order valence-electron chi connectivity index (χ2n) is 7.28. The van der Waals surface area contributed by atoms with Gasteiger partial charge >= 0.3 is 0 Å². The van der Waals surface area contributed by atoms with Crippen LogP contribution in [0.3, 0.4) is 0 Å². The molecule has 4 aromatic rings. The van der Waals surface area contributed by atoms with Crippen LogP contribution in [0.4, 0.5) is 20.3 Å². The summed E-state index contributed by atoms with van der Waals surface area (Å²) in [5.41, 5.74) is 7.25. The van der Waals surface area contributed by atoms with Gasteiger partial charge in [0.1, 0.15) is 48.4 Å². The topological polar surface area (TPSA) is 132 Å². The van der Waals surface area contributed by atoms with E-state index >= 15 is 0 Å². The molecule has 0 aliphatic rings. The molecular formula is C25H17F2N5O4. The van der Waals surface area contributed by atoms with Crippen LogP contribution in [0.1, 0.15) is 11.3 Å². The molecule has 0 aliphatic carbocycles. The van der Waals surface area contributed by atoms with E-state index in [1.807, 2.05) is 6.07 Å². The second kappa shape index (κ2) is 10.5. The lowest BCUT2D eigenvalue weighted by Gasteiger charge is -2.14. The average Bonchev–Trinajstić information content (AvgIpc) is 3.37. The van der Waals surface area contributed by atoms with E-state index in [9.17, 15) is 14.0 Å². The summed E-state index contributed by atoms with van der Waals surface area (Å²) in [4.78, 5) is 11.7. The van der Waals surface area contributed by atoms with E-state index in [2.05, 4.69) is 14.8 Å². The molecule has 2 aromatic heterocycles. The third-order valence-electron chi connectivity index (χ3n) is 4.97. The Morgan fingerprint density at radius 2 is 1.83 bits per heavy atom. The van der Waals surface area contributed by atoms with Crippen LogP contribution in [-0.4, -0.2) is 28.3 Å². The van der Waals surface area contributed by atoms with Gasteiger partial charge in [-0.25, -0.2) is 23.6 Å². The number of oxazole rings is 1. The number of anilines is 1. The van der Waals surface area contributed by atoms with Crippen LogP contribution in [0.15, 0.2) is 53.1 Å². The molecule has 0 radical (unpaired) electrons. The predicted molar refractivity (Wildman–Crippen MR) is 124 cm³/mol. The molecule has 0 unspecified atom stereocenters. The Morgan fingerprint density at radius 1 is 1.08 bits per heavy atom. The Kier molecular flexibility index (Phi) is 7.04. The van der Waals surface area contributed by atoms with Gasteiger partial charge in [0, 0.05) is 11.1 Å². The Balaban J connectivity index is 1.63. The first kappa shape index (κ1) is 24.1. The zero-order valence-electron chi connectivity index (χ0n) is 18.5. The number of nitrogens with two attached hydrogens (primary N) is 1. The lowest BCUT2D eigenvalue weighted by molar-refractivity contribution is 0.201. The van der Waals surface area contributed by atoms with Crippen molar-refractivity contribution in [2.75, 3.05) is 18.9 Å². The Morgan fingerprint density at radius 3 is 2.50 bits per heavy atom. The molecular weight excluding hydrogens is 472 g/mol. The summed E-state index contributed by atoms with van der Waals surface area (Å²) in [6.45, 7) is 7.33.